The Morgan fingerprint density at radius 1 is 0.304 bits per heavy atom. The van der Waals surface area contributed by atoms with Crippen molar-refractivity contribution >= 4 is 49.4 Å². The molecule has 2 nitrogen and oxygen atoms in total. The summed E-state index contributed by atoms with van der Waals surface area (Å²) in [6.07, 6.45) is 0. The van der Waals surface area contributed by atoms with Crippen molar-refractivity contribution in [2.24, 2.45) is 0 Å². The van der Waals surface area contributed by atoms with Gasteiger partial charge in [-0.3, -0.25) is 0 Å². The topological polar surface area (TPSA) is 12.5 Å². The second-order valence-corrected chi connectivity index (χ2v) is 14.5. The summed E-state index contributed by atoms with van der Waals surface area (Å²) in [5, 5.41) is 7.27. The molecule has 262 valence electrons. The van der Waals surface area contributed by atoms with E-state index in [0.29, 0.717) is 0 Å². The van der Waals surface area contributed by atoms with Crippen LogP contribution in [0.2, 0.25) is 0 Å². The van der Waals surface area contributed by atoms with Gasteiger partial charge < -0.3 is 9.64 Å². The Labute approximate surface area is 326 Å². The number of hydrogen-bond donors (Lipinski definition) is 0. The van der Waals surface area contributed by atoms with E-state index in [2.05, 4.69) is 211 Å². The van der Waals surface area contributed by atoms with Crippen LogP contribution in [0.25, 0.3) is 76.8 Å². The molecule has 0 fully saturated rings. The van der Waals surface area contributed by atoms with Crippen LogP contribution in [0.4, 0.5) is 17.1 Å². The molecule has 0 bridgehead atoms. The average molecular weight is 714 g/mol. The molecule has 0 aliphatic carbocycles. The van der Waals surface area contributed by atoms with Gasteiger partial charge in [-0.1, -0.05) is 158 Å². The van der Waals surface area contributed by atoms with Crippen LogP contribution in [-0.2, 0) is 0 Å². The molecule has 2 heteroatoms. The van der Waals surface area contributed by atoms with Gasteiger partial charge in [0.1, 0.15) is 11.5 Å². The molecule has 10 aromatic rings. The summed E-state index contributed by atoms with van der Waals surface area (Å²) in [5.74, 6) is 1.79. The van der Waals surface area contributed by atoms with E-state index < -0.39 is 0 Å². The minimum Gasteiger partial charge on any atom is -0.456 e. The standard InChI is InChI=1S/C54H35NO/c1-3-20-44-36(13-1)15-10-24-45(44)38-29-31-42(32-30-38)55(51-26-7-5-22-48(51)47-25-11-16-37-14-2-4-21-46(37)47)43-19-9-17-39(34-43)41-33-40-18-12-28-53-54(40)50(35-41)49-23-6-8-27-52(49)56-53/h1-35H. The van der Waals surface area contributed by atoms with Gasteiger partial charge in [0.15, 0.2) is 0 Å². The Balaban J connectivity index is 1.10. The molecule has 0 spiro atoms. The smallest absolute Gasteiger partial charge is 0.135 e. The first-order chi connectivity index (χ1) is 27.8. The molecule has 1 aliphatic rings. The third-order valence-corrected chi connectivity index (χ3v) is 11.2. The van der Waals surface area contributed by atoms with E-state index in [0.717, 1.165) is 56.0 Å². The molecular formula is C54H35NO. The van der Waals surface area contributed by atoms with Crippen LogP contribution in [0.5, 0.6) is 11.5 Å². The average Bonchev–Trinajstić information content (AvgIpc) is 3.27. The number of fused-ring (bicyclic) bond motifs is 4. The van der Waals surface area contributed by atoms with Crippen LogP contribution in [0.15, 0.2) is 212 Å². The van der Waals surface area contributed by atoms with Gasteiger partial charge in [0.25, 0.3) is 0 Å². The number of nitrogens with zero attached hydrogens (tertiary/aromatic N) is 1. The Bertz CT molecular complexity index is 3110. The first-order valence-corrected chi connectivity index (χ1v) is 19.2. The normalized spacial score (nSPS) is 11.7. The molecule has 11 rings (SSSR count). The summed E-state index contributed by atoms with van der Waals surface area (Å²) < 4.78 is 6.37. The maximum atomic E-state index is 6.37. The van der Waals surface area contributed by atoms with Crippen molar-refractivity contribution in [3.63, 3.8) is 0 Å². The first kappa shape index (κ1) is 32.0. The van der Waals surface area contributed by atoms with Crippen molar-refractivity contribution in [2.75, 3.05) is 4.90 Å². The number of rotatable bonds is 6. The summed E-state index contributed by atoms with van der Waals surface area (Å²) in [6.45, 7) is 0. The molecule has 1 heterocycles. The SMILES string of the molecule is c1cc(-c2cc3c4c(cccc4c2)Oc2ccccc2-3)cc(N(c2ccc(-c3cccc4ccccc34)cc2)c2ccccc2-c2cccc3ccccc23)c1. The van der Waals surface area contributed by atoms with E-state index in [9.17, 15) is 0 Å². The fraction of sp³-hybridized carbons (Fsp3) is 0. The zero-order chi connectivity index (χ0) is 37.0. The van der Waals surface area contributed by atoms with E-state index in [-0.39, 0.29) is 0 Å². The molecule has 0 aromatic heterocycles. The number of ether oxygens (including phenoxy) is 1. The van der Waals surface area contributed by atoms with E-state index in [4.69, 9.17) is 4.74 Å². The summed E-state index contributed by atoms with van der Waals surface area (Å²) in [4.78, 5) is 2.42. The lowest BCUT2D eigenvalue weighted by Crippen LogP contribution is -2.11. The van der Waals surface area contributed by atoms with Crippen molar-refractivity contribution in [3.8, 4) is 56.0 Å². The Morgan fingerprint density at radius 3 is 1.71 bits per heavy atom. The molecule has 0 amide bonds. The highest BCUT2D eigenvalue weighted by molar-refractivity contribution is 6.07. The molecule has 56 heavy (non-hydrogen) atoms. The van der Waals surface area contributed by atoms with Gasteiger partial charge in [0.05, 0.1) is 5.69 Å². The van der Waals surface area contributed by atoms with E-state index in [1.165, 1.54) is 49.4 Å². The second-order valence-electron chi connectivity index (χ2n) is 14.5. The van der Waals surface area contributed by atoms with E-state index in [1.54, 1.807) is 0 Å². The molecule has 10 aromatic carbocycles. The van der Waals surface area contributed by atoms with Gasteiger partial charge in [-0.05, 0) is 115 Å². The van der Waals surface area contributed by atoms with Gasteiger partial charge in [0.2, 0.25) is 0 Å². The predicted octanol–water partition coefficient (Wildman–Crippen LogP) is 15.4. The molecule has 1 aliphatic heterocycles. The molecule has 0 radical (unpaired) electrons. The molecule has 0 saturated carbocycles. The quantitative estimate of drug-likeness (QED) is 0.170. The maximum Gasteiger partial charge on any atom is 0.135 e. The van der Waals surface area contributed by atoms with Crippen LogP contribution in [-0.4, -0.2) is 0 Å². The fourth-order valence-electron chi connectivity index (χ4n) is 8.63. The monoisotopic (exact) mass is 713 g/mol. The zero-order valence-corrected chi connectivity index (χ0v) is 30.6. The van der Waals surface area contributed by atoms with Gasteiger partial charge in [-0.2, -0.15) is 0 Å². The molecule has 0 saturated heterocycles. The summed E-state index contributed by atoms with van der Waals surface area (Å²) in [7, 11) is 0. The van der Waals surface area contributed by atoms with Gasteiger partial charge in [-0.25, -0.2) is 0 Å². The Hall–Kier alpha value is -7.42. The van der Waals surface area contributed by atoms with Crippen LogP contribution >= 0.6 is 0 Å². The number of anilines is 3. The minimum absolute atomic E-state index is 0.890. The maximum absolute atomic E-state index is 6.37. The second kappa shape index (κ2) is 13.2. The highest BCUT2D eigenvalue weighted by atomic mass is 16.5. The Morgan fingerprint density at radius 2 is 0.893 bits per heavy atom. The number of hydrogen-bond acceptors (Lipinski definition) is 2. The van der Waals surface area contributed by atoms with Crippen molar-refractivity contribution < 1.29 is 4.74 Å². The van der Waals surface area contributed by atoms with Crippen LogP contribution in [0, 0.1) is 0 Å². The van der Waals surface area contributed by atoms with Crippen molar-refractivity contribution in [1.82, 2.24) is 0 Å². The Kier molecular flexibility index (Phi) is 7.53. The van der Waals surface area contributed by atoms with Gasteiger partial charge in [0, 0.05) is 27.9 Å². The predicted molar refractivity (Wildman–Crippen MR) is 235 cm³/mol. The lowest BCUT2D eigenvalue weighted by atomic mass is 9.90. The highest BCUT2D eigenvalue weighted by Gasteiger charge is 2.22. The lowest BCUT2D eigenvalue weighted by molar-refractivity contribution is 0.487. The van der Waals surface area contributed by atoms with E-state index in [1.807, 2.05) is 6.07 Å². The van der Waals surface area contributed by atoms with Crippen molar-refractivity contribution in [1.29, 1.82) is 0 Å². The zero-order valence-electron chi connectivity index (χ0n) is 30.6. The van der Waals surface area contributed by atoms with Crippen LogP contribution < -0.4 is 9.64 Å². The summed E-state index contributed by atoms with van der Waals surface area (Å²) in [6, 6.07) is 76.6. The van der Waals surface area contributed by atoms with Crippen molar-refractivity contribution in [3.05, 3.63) is 212 Å². The lowest BCUT2D eigenvalue weighted by Gasteiger charge is -2.29. The molecule has 0 atom stereocenters. The molecule has 0 unspecified atom stereocenters. The fourth-order valence-corrected chi connectivity index (χ4v) is 8.63. The summed E-state index contributed by atoms with van der Waals surface area (Å²) >= 11 is 0. The van der Waals surface area contributed by atoms with Gasteiger partial charge in [-0.15, -0.1) is 0 Å². The highest BCUT2D eigenvalue weighted by Crippen LogP contribution is 2.49. The van der Waals surface area contributed by atoms with Gasteiger partial charge >= 0.3 is 0 Å². The number of para-hydroxylation sites is 2. The third-order valence-electron chi connectivity index (χ3n) is 11.2. The molecule has 0 N–H and O–H groups in total. The first-order valence-electron chi connectivity index (χ1n) is 19.2. The van der Waals surface area contributed by atoms with Crippen molar-refractivity contribution in [2.45, 2.75) is 0 Å². The minimum atomic E-state index is 0.890. The summed E-state index contributed by atoms with van der Waals surface area (Å²) in [5.41, 5.74) is 12.7. The van der Waals surface area contributed by atoms with Crippen LogP contribution in [0.3, 0.4) is 0 Å². The molecular weight excluding hydrogens is 679 g/mol. The van der Waals surface area contributed by atoms with Crippen LogP contribution in [0.1, 0.15) is 0 Å². The third kappa shape index (κ3) is 5.34. The number of benzene rings is 10. The van der Waals surface area contributed by atoms with E-state index >= 15 is 0 Å². The largest absolute Gasteiger partial charge is 0.456 e.